The first-order valence-electron chi connectivity index (χ1n) is 9.44. The standard InChI is InChI=1S/C20H31N3O5/c1-20(2,3)28-19(26)23-12-11-18(25)22-14-13-21-17(24)10-7-15-27-16-8-5-4-6-9-16/h4-6,8-9H,7,10-15H2,1-3H3,(H,21,24)(H,22,25)(H,23,26). The summed E-state index contributed by atoms with van der Waals surface area (Å²) in [5, 5.41) is 7.93. The van der Waals surface area contributed by atoms with Crippen LogP contribution in [0, 0.1) is 0 Å². The number of ether oxygens (including phenoxy) is 2. The van der Waals surface area contributed by atoms with Gasteiger partial charge < -0.3 is 25.4 Å². The van der Waals surface area contributed by atoms with Gasteiger partial charge in [0.1, 0.15) is 11.4 Å². The number of amides is 3. The van der Waals surface area contributed by atoms with Gasteiger partial charge in [0.2, 0.25) is 11.8 Å². The third-order valence-electron chi connectivity index (χ3n) is 3.35. The van der Waals surface area contributed by atoms with Gasteiger partial charge >= 0.3 is 6.09 Å². The summed E-state index contributed by atoms with van der Waals surface area (Å²) in [5.41, 5.74) is -0.571. The second-order valence-corrected chi connectivity index (χ2v) is 7.14. The van der Waals surface area contributed by atoms with Crippen molar-refractivity contribution in [3.63, 3.8) is 0 Å². The molecule has 8 heteroatoms. The van der Waals surface area contributed by atoms with E-state index in [1.807, 2.05) is 30.3 Å². The maximum atomic E-state index is 11.7. The number of hydrogen-bond donors (Lipinski definition) is 3. The lowest BCUT2D eigenvalue weighted by molar-refractivity contribution is -0.123. The van der Waals surface area contributed by atoms with Gasteiger partial charge in [0.15, 0.2) is 0 Å². The molecule has 0 aromatic heterocycles. The monoisotopic (exact) mass is 393 g/mol. The van der Waals surface area contributed by atoms with E-state index in [2.05, 4.69) is 16.0 Å². The lowest BCUT2D eigenvalue weighted by atomic mass is 10.2. The van der Waals surface area contributed by atoms with Crippen LogP contribution in [0.3, 0.4) is 0 Å². The van der Waals surface area contributed by atoms with Crippen LogP contribution in [0.1, 0.15) is 40.0 Å². The molecule has 0 aliphatic rings. The van der Waals surface area contributed by atoms with Crippen LogP contribution in [0.25, 0.3) is 0 Å². The lowest BCUT2D eigenvalue weighted by Gasteiger charge is -2.19. The Morgan fingerprint density at radius 1 is 0.857 bits per heavy atom. The van der Waals surface area contributed by atoms with Gasteiger partial charge in [-0.3, -0.25) is 9.59 Å². The van der Waals surface area contributed by atoms with Crippen LogP contribution in [-0.4, -0.2) is 49.7 Å². The molecule has 28 heavy (non-hydrogen) atoms. The maximum Gasteiger partial charge on any atom is 0.407 e. The number of carbonyl (C=O) groups excluding carboxylic acids is 3. The molecule has 0 heterocycles. The summed E-state index contributed by atoms with van der Waals surface area (Å²) in [6, 6.07) is 9.43. The predicted octanol–water partition coefficient (Wildman–Crippen LogP) is 1.99. The van der Waals surface area contributed by atoms with Crippen molar-refractivity contribution >= 4 is 17.9 Å². The second-order valence-electron chi connectivity index (χ2n) is 7.14. The Labute approximate surface area is 166 Å². The van der Waals surface area contributed by atoms with Crippen LogP contribution < -0.4 is 20.7 Å². The Hall–Kier alpha value is -2.77. The van der Waals surface area contributed by atoms with E-state index in [4.69, 9.17) is 9.47 Å². The molecule has 0 atom stereocenters. The molecular formula is C20H31N3O5. The Kier molecular flexibility index (Phi) is 10.5. The van der Waals surface area contributed by atoms with Crippen molar-refractivity contribution in [2.45, 2.75) is 45.6 Å². The van der Waals surface area contributed by atoms with E-state index in [0.717, 1.165) is 5.75 Å². The molecule has 3 N–H and O–H groups in total. The van der Waals surface area contributed by atoms with E-state index in [1.54, 1.807) is 20.8 Å². The Morgan fingerprint density at radius 2 is 1.46 bits per heavy atom. The Morgan fingerprint density at radius 3 is 2.07 bits per heavy atom. The maximum absolute atomic E-state index is 11.7. The first kappa shape index (κ1) is 23.3. The average molecular weight is 393 g/mol. The van der Waals surface area contributed by atoms with Gasteiger partial charge in [-0.15, -0.1) is 0 Å². The molecule has 0 aliphatic heterocycles. The van der Waals surface area contributed by atoms with E-state index < -0.39 is 11.7 Å². The summed E-state index contributed by atoms with van der Waals surface area (Å²) in [6.07, 6.45) is 0.567. The molecule has 8 nitrogen and oxygen atoms in total. The zero-order valence-electron chi connectivity index (χ0n) is 16.9. The summed E-state index contributed by atoms with van der Waals surface area (Å²) >= 11 is 0. The molecule has 0 aliphatic carbocycles. The minimum Gasteiger partial charge on any atom is -0.494 e. The second kappa shape index (κ2) is 12.6. The minimum absolute atomic E-state index is 0.0856. The van der Waals surface area contributed by atoms with Gasteiger partial charge in [0, 0.05) is 32.5 Å². The lowest BCUT2D eigenvalue weighted by Crippen LogP contribution is -2.37. The highest BCUT2D eigenvalue weighted by Gasteiger charge is 2.15. The van der Waals surface area contributed by atoms with E-state index in [1.165, 1.54) is 0 Å². The van der Waals surface area contributed by atoms with Crippen molar-refractivity contribution in [1.29, 1.82) is 0 Å². The molecule has 1 rings (SSSR count). The fraction of sp³-hybridized carbons (Fsp3) is 0.550. The van der Waals surface area contributed by atoms with Crippen LogP contribution >= 0.6 is 0 Å². The number of benzene rings is 1. The van der Waals surface area contributed by atoms with Crippen LogP contribution in [0.2, 0.25) is 0 Å². The van der Waals surface area contributed by atoms with Crippen LogP contribution in [0.15, 0.2) is 30.3 Å². The number of rotatable bonds is 11. The highest BCUT2D eigenvalue weighted by atomic mass is 16.6. The molecule has 0 spiro atoms. The van der Waals surface area contributed by atoms with E-state index in [0.29, 0.717) is 32.5 Å². The van der Waals surface area contributed by atoms with Gasteiger partial charge in [-0.1, -0.05) is 18.2 Å². The highest BCUT2D eigenvalue weighted by molar-refractivity contribution is 5.77. The van der Waals surface area contributed by atoms with Crippen LogP contribution in [0.4, 0.5) is 4.79 Å². The molecule has 0 unspecified atom stereocenters. The number of hydrogen-bond acceptors (Lipinski definition) is 5. The SMILES string of the molecule is CC(C)(C)OC(=O)NCCC(=O)NCCNC(=O)CCCOc1ccccc1. The zero-order valence-corrected chi connectivity index (χ0v) is 16.9. The summed E-state index contributed by atoms with van der Waals surface area (Å²) in [5.74, 6) is 0.492. The van der Waals surface area contributed by atoms with Crippen molar-refractivity contribution in [1.82, 2.24) is 16.0 Å². The van der Waals surface area contributed by atoms with Crippen LogP contribution in [-0.2, 0) is 14.3 Å². The average Bonchev–Trinajstić information content (AvgIpc) is 2.62. The first-order chi connectivity index (χ1) is 13.3. The van der Waals surface area contributed by atoms with Gasteiger partial charge in [0.25, 0.3) is 0 Å². The number of para-hydroxylation sites is 1. The van der Waals surface area contributed by atoms with Crippen molar-refractivity contribution in [2.75, 3.05) is 26.2 Å². The third-order valence-corrected chi connectivity index (χ3v) is 3.35. The Bertz CT molecular complexity index is 614. The van der Waals surface area contributed by atoms with Gasteiger partial charge in [-0.2, -0.15) is 0 Å². The first-order valence-corrected chi connectivity index (χ1v) is 9.44. The third kappa shape index (κ3) is 12.6. The number of nitrogens with one attached hydrogen (secondary N) is 3. The number of carbonyl (C=O) groups is 3. The molecular weight excluding hydrogens is 362 g/mol. The largest absolute Gasteiger partial charge is 0.494 e. The highest BCUT2D eigenvalue weighted by Crippen LogP contribution is 2.08. The van der Waals surface area contributed by atoms with Gasteiger partial charge in [0.05, 0.1) is 6.61 Å². The van der Waals surface area contributed by atoms with E-state index in [-0.39, 0.29) is 24.8 Å². The van der Waals surface area contributed by atoms with E-state index in [9.17, 15) is 14.4 Å². The molecule has 1 aromatic rings. The predicted molar refractivity (Wildman–Crippen MR) is 106 cm³/mol. The molecule has 156 valence electrons. The van der Waals surface area contributed by atoms with Crippen molar-refractivity contribution in [3.05, 3.63) is 30.3 Å². The molecule has 1 aromatic carbocycles. The fourth-order valence-electron chi connectivity index (χ4n) is 2.11. The van der Waals surface area contributed by atoms with Crippen molar-refractivity contribution in [2.24, 2.45) is 0 Å². The minimum atomic E-state index is -0.571. The summed E-state index contributed by atoms with van der Waals surface area (Å²) in [6.45, 7) is 6.65. The summed E-state index contributed by atoms with van der Waals surface area (Å²) in [7, 11) is 0. The fourth-order valence-corrected chi connectivity index (χ4v) is 2.11. The molecule has 0 saturated carbocycles. The molecule has 0 radical (unpaired) electrons. The quantitative estimate of drug-likeness (QED) is 0.499. The van der Waals surface area contributed by atoms with Gasteiger partial charge in [-0.05, 0) is 39.3 Å². The van der Waals surface area contributed by atoms with Gasteiger partial charge in [-0.25, -0.2) is 4.79 Å². The van der Waals surface area contributed by atoms with Crippen molar-refractivity contribution in [3.8, 4) is 5.75 Å². The van der Waals surface area contributed by atoms with Crippen molar-refractivity contribution < 1.29 is 23.9 Å². The smallest absolute Gasteiger partial charge is 0.407 e. The molecule has 0 bridgehead atoms. The molecule has 3 amide bonds. The molecule has 0 fully saturated rings. The topological polar surface area (TPSA) is 106 Å². The normalized spacial score (nSPS) is 10.7. The number of alkyl carbamates (subject to hydrolysis) is 1. The Balaban J connectivity index is 1.98. The molecule has 0 saturated heterocycles. The van der Waals surface area contributed by atoms with Crippen LogP contribution in [0.5, 0.6) is 5.75 Å². The van der Waals surface area contributed by atoms with E-state index >= 15 is 0 Å². The summed E-state index contributed by atoms with van der Waals surface area (Å²) < 4.78 is 10.6. The summed E-state index contributed by atoms with van der Waals surface area (Å²) in [4.78, 5) is 34.8. The zero-order chi connectivity index (χ0) is 20.8.